The van der Waals surface area contributed by atoms with Crippen LogP contribution in [0.3, 0.4) is 0 Å². The van der Waals surface area contributed by atoms with E-state index in [1.807, 2.05) is 0 Å². The number of nitrogens with one attached hydrogen (secondary N) is 1. The second-order valence-corrected chi connectivity index (χ2v) is 7.60. The van der Waals surface area contributed by atoms with Crippen molar-refractivity contribution < 1.29 is 8.42 Å². The first-order valence-corrected chi connectivity index (χ1v) is 8.85. The fourth-order valence-corrected chi connectivity index (χ4v) is 3.58. The lowest BCUT2D eigenvalue weighted by Gasteiger charge is -2.32. The van der Waals surface area contributed by atoms with Crippen LogP contribution in [0.1, 0.15) is 52.4 Å². The second kappa shape index (κ2) is 7.37. The van der Waals surface area contributed by atoms with E-state index in [-0.39, 0.29) is 5.75 Å². The maximum Gasteiger partial charge on any atom is 0.150 e. The van der Waals surface area contributed by atoms with Crippen LogP contribution in [-0.2, 0) is 9.84 Å². The van der Waals surface area contributed by atoms with Gasteiger partial charge in [0.05, 0.1) is 5.75 Å². The van der Waals surface area contributed by atoms with Gasteiger partial charge in [-0.15, -0.1) is 0 Å². The third kappa shape index (κ3) is 5.38. The van der Waals surface area contributed by atoms with E-state index in [1.54, 1.807) is 6.92 Å². The van der Waals surface area contributed by atoms with Gasteiger partial charge in [-0.1, -0.05) is 26.7 Å². The Morgan fingerprint density at radius 2 is 1.88 bits per heavy atom. The predicted molar refractivity (Wildman–Crippen MR) is 73.0 cm³/mol. The molecular formula is C13H27NO2S. The predicted octanol–water partition coefficient (Wildman–Crippen LogP) is 2.37. The van der Waals surface area contributed by atoms with Crippen molar-refractivity contribution >= 4 is 9.84 Å². The number of hydrogen-bond donors (Lipinski definition) is 1. The first-order valence-electron chi connectivity index (χ1n) is 7.03. The van der Waals surface area contributed by atoms with Gasteiger partial charge in [0.25, 0.3) is 0 Å². The summed E-state index contributed by atoms with van der Waals surface area (Å²) in [5, 5.41) is 3.58. The van der Waals surface area contributed by atoms with Crippen molar-refractivity contribution in [3.05, 3.63) is 0 Å². The molecule has 2 unspecified atom stereocenters. The molecule has 0 aromatic heterocycles. The Labute approximate surface area is 106 Å². The summed E-state index contributed by atoms with van der Waals surface area (Å²) in [5.74, 6) is 1.22. The van der Waals surface area contributed by atoms with Gasteiger partial charge in [0.1, 0.15) is 9.84 Å². The Hall–Kier alpha value is -0.0900. The van der Waals surface area contributed by atoms with Crippen LogP contribution in [0.4, 0.5) is 0 Å². The van der Waals surface area contributed by atoms with Gasteiger partial charge >= 0.3 is 0 Å². The highest BCUT2D eigenvalue weighted by molar-refractivity contribution is 7.91. The van der Waals surface area contributed by atoms with Crippen LogP contribution in [0.15, 0.2) is 0 Å². The summed E-state index contributed by atoms with van der Waals surface area (Å²) in [4.78, 5) is 0. The van der Waals surface area contributed by atoms with Gasteiger partial charge in [-0.3, -0.25) is 0 Å². The van der Waals surface area contributed by atoms with Crippen molar-refractivity contribution in [1.82, 2.24) is 5.32 Å². The van der Waals surface area contributed by atoms with Gasteiger partial charge in [-0.25, -0.2) is 8.42 Å². The quantitative estimate of drug-likeness (QED) is 0.765. The minimum Gasteiger partial charge on any atom is -0.314 e. The Balaban J connectivity index is 2.42. The van der Waals surface area contributed by atoms with Gasteiger partial charge in [0, 0.05) is 11.8 Å². The SMILES string of the molecule is CCCNC1CCCCC1CCS(=O)(=O)CC. The Morgan fingerprint density at radius 3 is 2.53 bits per heavy atom. The van der Waals surface area contributed by atoms with Crippen LogP contribution in [0.5, 0.6) is 0 Å². The monoisotopic (exact) mass is 261 g/mol. The van der Waals surface area contributed by atoms with E-state index in [0.717, 1.165) is 19.4 Å². The molecule has 4 heteroatoms. The number of sulfone groups is 1. The van der Waals surface area contributed by atoms with Crippen molar-refractivity contribution in [1.29, 1.82) is 0 Å². The normalized spacial score (nSPS) is 26.0. The maximum absolute atomic E-state index is 11.5. The smallest absolute Gasteiger partial charge is 0.150 e. The number of hydrogen-bond acceptors (Lipinski definition) is 3. The van der Waals surface area contributed by atoms with Crippen molar-refractivity contribution in [2.45, 2.75) is 58.4 Å². The molecule has 1 N–H and O–H groups in total. The summed E-state index contributed by atoms with van der Waals surface area (Å²) >= 11 is 0. The maximum atomic E-state index is 11.5. The van der Waals surface area contributed by atoms with E-state index in [9.17, 15) is 8.42 Å². The van der Waals surface area contributed by atoms with E-state index in [4.69, 9.17) is 0 Å². The van der Waals surface area contributed by atoms with Gasteiger partial charge < -0.3 is 5.32 Å². The molecule has 0 aliphatic heterocycles. The molecule has 0 saturated heterocycles. The standard InChI is InChI=1S/C13H27NO2S/c1-3-10-14-13-8-6-5-7-12(13)9-11-17(15,16)4-2/h12-14H,3-11H2,1-2H3. The molecule has 1 rings (SSSR count). The largest absolute Gasteiger partial charge is 0.314 e. The number of rotatable bonds is 7. The molecule has 1 aliphatic rings. The summed E-state index contributed by atoms with van der Waals surface area (Å²) in [5.41, 5.74) is 0. The minimum atomic E-state index is -2.79. The van der Waals surface area contributed by atoms with Crippen molar-refractivity contribution in [3.8, 4) is 0 Å². The van der Waals surface area contributed by atoms with Gasteiger partial charge in [0.15, 0.2) is 0 Å². The Bertz CT molecular complexity index is 301. The zero-order valence-electron chi connectivity index (χ0n) is 11.2. The average Bonchev–Trinajstić information content (AvgIpc) is 2.35. The van der Waals surface area contributed by atoms with E-state index in [1.165, 1.54) is 25.7 Å². The van der Waals surface area contributed by atoms with E-state index < -0.39 is 9.84 Å². The molecule has 0 bridgehead atoms. The topological polar surface area (TPSA) is 46.2 Å². The second-order valence-electron chi connectivity index (χ2n) is 5.13. The molecule has 0 heterocycles. The first-order chi connectivity index (χ1) is 8.09. The van der Waals surface area contributed by atoms with Crippen molar-refractivity contribution in [2.75, 3.05) is 18.1 Å². The lowest BCUT2D eigenvalue weighted by molar-refractivity contribution is 0.257. The third-order valence-electron chi connectivity index (χ3n) is 3.81. The van der Waals surface area contributed by atoms with Crippen LogP contribution < -0.4 is 5.32 Å². The molecule has 0 radical (unpaired) electrons. The molecule has 0 aromatic carbocycles. The lowest BCUT2D eigenvalue weighted by Crippen LogP contribution is -2.39. The molecule has 102 valence electrons. The van der Waals surface area contributed by atoms with Crippen molar-refractivity contribution in [3.63, 3.8) is 0 Å². The zero-order valence-corrected chi connectivity index (χ0v) is 12.1. The highest BCUT2D eigenvalue weighted by Gasteiger charge is 2.25. The molecule has 0 aromatic rings. The molecule has 1 saturated carbocycles. The third-order valence-corrected chi connectivity index (χ3v) is 5.54. The fourth-order valence-electron chi connectivity index (χ4n) is 2.63. The zero-order chi connectivity index (χ0) is 12.7. The van der Waals surface area contributed by atoms with Gasteiger partial charge in [-0.05, 0) is 38.1 Å². The molecule has 0 amide bonds. The molecule has 2 atom stereocenters. The Kier molecular flexibility index (Phi) is 6.49. The molecule has 1 fully saturated rings. The summed E-state index contributed by atoms with van der Waals surface area (Å²) in [6.45, 7) is 4.97. The van der Waals surface area contributed by atoms with E-state index in [2.05, 4.69) is 12.2 Å². The summed E-state index contributed by atoms with van der Waals surface area (Å²) < 4.78 is 23.1. The van der Waals surface area contributed by atoms with Crippen LogP contribution in [-0.4, -0.2) is 32.5 Å². The van der Waals surface area contributed by atoms with E-state index >= 15 is 0 Å². The van der Waals surface area contributed by atoms with E-state index in [0.29, 0.717) is 17.7 Å². The van der Waals surface area contributed by atoms with Crippen LogP contribution in [0.25, 0.3) is 0 Å². The van der Waals surface area contributed by atoms with Gasteiger partial charge in [0.2, 0.25) is 0 Å². The molecule has 0 spiro atoms. The summed E-state index contributed by atoms with van der Waals surface area (Å²) in [6.07, 6.45) is 6.96. The lowest BCUT2D eigenvalue weighted by atomic mass is 9.83. The highest BCUT2D eigenvalue weighted by atomic mass is 32.2. The molecule has 3 nitrogen and oxygen atoms in total. The van der Waals surface area contributed by atoms with Crippen LogP contribution >= 0.6 is 0 Å². The molecular weight excluding hydrogens is 234 g/mol. The molecule has 17 heavy (non-hydrogen) atoms. The van der Waals surface area contributed by atoms with Crippen LogP contribution in [0, 0.1) is 5.92 Å². The minimum absolute atomic E-state index is 0.284. The Morgan fingerprint density at radius 1 is 1.18 bits per heavy atom. The highest BCUT2D eigenvalue weighted by Crippen LogP contribution is 2.27. The van der Waals surface area contributed by atoms with Crippen LogP contribution in [0.2, 0.25) is 0 Å². The average molecular weight is 261 g/mol. The van der Waals surface area contributed by atoms with Gasteiger partial charge in [-0.2, -0.15) is 0 Å². The molecule has 1 aliphatic carbocycles. The van der Waals surface area contributed by atoms with Crippen molar-refractivity contribution in [2.24, 2.45) is 5.92 Å². The fraction of sp³-hybridized carbons (Fsp3) is 1.00. The first kappa shape index (κ1) is 15.0. The summed E-state index contributed by atoms with van der Waals surface area (Å²) in [6, 6.07) is 0.552. The summed E-state index contributed by atoms with van der Waals surface area (Å²) in [7, 11) is -2.79.